The van der Waals surface area contributed by atoms with Gasteiger partial charge in [-0.1, -0.05) is 19.1 Å². The Bertz CT molecular complexity index is 1260. The predicted octanol–water partition coefficient (Wildman–Crippen LogP) is 2.34. The predicted molar refractivity (Wildman–Crippen MR) is 123 cm³/mol. The number of hydrogen-bond donors (Lipinski definition) is 4. The third-order valence-corrected chi connectivity index (χ3v) is 7.00. The quantitative estimate of drug-likeness (QED) is 0.393. The first-order valence-corrected chi connectivity index (χ1v) is 11.6. The highest BCUT2D eigenvalue weighted by Gasteiger charge is 2.48. The SMILES string of the molecule is CC1CCNC(C)(c2nc(C(=O)NCc3ccc(F)cc3)c(O)c(=O)[nH]2)C1C(=O)c1cncs1. The second-order valence-corrected chi connectivity index (χ2v) is 9.41. The number of H-pyrrole nitrogens is 1. The average Bonchev–Trinajstić information content (AvgIpc) is 3.35. The molecule has 4 rings (SSSR count). The average molecular weight is 486 g/mol. The monoisotopic (exact) mass is 485 g/mol. The number of benzene rings is 1. The number of nitrogens with zero attached hydrogens (tertiary/aromatic N) is 2. The van der Waals surface area contributed by atoms with Crippen LogP contribution in [0.3, 0.4) is 0 Å². The van der Waals surface area contributed by atoms with Crippen LogP contribution in [0, 0.1) is 17.7 Å². The van der Waals surface area contributed by atoms with Crippen molar-refractivity contribution in [3.05, 3.63) is 74.1 Å². The number of ketones is 1. The molecule has 3 heterocycles. The Labute approximate surface area is 198 Å². The Balaban J connectivity index is 1.67. The van der Waals surface area contributed by atoms with Crippen LogP contribution in [-0.4, -0.2) is 38.3 Å². The zero-order valence-corrected chi connectivity index (χ0v) is 19.4. The van der Waals surface area contributed by atoms with Gasteiger partial charge in [0.1, 0.15) is 11.6 Å². The number of piperidine rings is 1. The smallest absolute Gasteiger partial charge is 0.293 e. The Hall–Kier alpha value is -3.44. The second-order valence-electron chi connectivity index (χ2n) is 8.52. The molecule has 1 aliphatic heterocycles. The molecule has 0 radical (unpaired) electrons. The first kappa shape index (κ1) is 23.7. The van der Waals surface area contributed by atoms with Gasteiger partial charge in [0.05, 0.1) is 21.8 Å². The molecular formula is C23H24FN5O4S. The van der Waals surface area contributed by atoms with Crippen molar-refractivity contribution < 1.29 is 19.1 Å². The summed E-state index contributed by atoms with van der Waals surface area (Å²) in [6.45, 7) is 4.32. The largest absolute Gasteiger partial charge is 0.501 e. The summed E-state index contributed by atoms with van der Waals surface area (Å²) in [5.74, 6) is -2.69. The van der Waals surface area contributed by atoms with Crippen LogP contribution in [0.4, 0.5) is 4.39 Å². The van der Waals surface area contributed by atoms with Gasteiger partial charge < -0.3 is 20.7 Å². The Morgan fingerprint density at radius 3 is 2.74 bits per heavy atom. The molecule has 9 nitrogen and oxygen atoms in total. The van der Waals surface area contributed by atoms with Crippen LogP contribution >= 0.6 is 11.3 Å². The summed E-state index contributed by atoms with van der Waals surface area (Å²) in [6, 6.07) is 5.55. The van der Waals surface area contributed by atoms with E-state index >= 15 is 0 Å². The lowest BCUT2D eigenvalue weighted by Gasteiger charge is -2.44. The van der Waals surface area contributed by atoms with Gasteiger partial charge in [-0.25, -0.2) is 9.37 Å². The number of amides is 1. The van der Waals surface area contributed by atoms with Crippen LogP contribution in [0.25, 0.3) is 0 Å². The van der Waals surface area contributed by atoms with Gasteiger partial charge >= 0.3 is 0 Å². The maximum Gasteiger partial charge on any atom is 0.293 e. The van der Waals surface area contributed by atoms with E-state index in [-0.39, 0.29) is 24.1 Å². The van der Waals surface area contributed by atoms with Gasteiger partial charge in [-0.2, -0.15) is 0 Å². The fourth-order valence-corrected chi connectivity index (χ4v) is 4.99. The highest BCUT2D eigenvalue weighted by molar-refractivity contribution is 7.11. The van der Waals surface area contributed by atoms with Crippen molar-refractivity contribution >= 4 is 23.0 Å². The summed E-state index contributed by atoms with van der Waals surface area (Å²) in [6.07, 6.45) is 2.24. The normalized spacial score (nSPS) is 22.3. The molecule has 0 bridgehead atoms. The number of aromatic hydroxyl groups is 1. The Morgan fingerprint density at radius 2 is 2.06 bits per heavy atom. The first-order valence-electron chi connectivity index (χ1n) is 10.7. The molecule has 3 unspecified atom stereocenters. The van der Waals surface area contributed by atoms with Crippen LogP contribution in [0.15, 0.2) is 40.8 Å². The summed E-state index contributed by atoms with van der Waals surface area (Å²) in [7, 11) is 0. The minimum Gasteiger partial charge on any atom is -0.501 e. The standard InChI is InChI=1S/C23H24FN5O4S/c1-12-7-8-27-23(2,16(12)18(30)15-10-25-11-34-15)22-28-17(19(31)21(33)29-22)20(32)26-9-13-3-5-14(24)6-4-13/h3-6,10-12,16,27,31H,7-9H2,1-2H3,(H,26,32)(H,28,29,33). The van der Waals surface area contributed by atoms with E-state index < -0.39 is 40.2 Å². The Morgan fingerprint density at radius 1 is 1.32 bits per heavy atom. The van der Waals surface area contributed by atoms with Gasteiger partial charge in [-0.3, -0.25) is 19.4 Å². The van der Waals surface area contributed by atoms with Gasteiger partial charge in [0.25, 0.3) is 11.5 Å². The van der Waals surface area contributed by atoms with E-state index in [1.54, 1.807) is 12.4 Å². The zero-order valence-electron chi connectivity index (χ0n) is 18.6. The van der Waals surface area contributed by atoms with Crippen molar-refractivity contribution in [2.45, 2.75) is 32.4 Å². The maximum absolute atomic E-state index is 13.4. The van der Waals surface area contributed by atoms with Gasteiger partial charge in [0, 0.05) is 12.7 Å². The van der Waals surface area contributed by atoms with E-state index in [2.05, 4.69) is 25.6 Å². The summed E-state index contributed by atoms with van der Waals surface area (Å²) < 4.78 is 13.1. The summed E-state index contributed by atoms with van der Waals surface area (Å²) in [4.78, 5) is 50.1. The number of thiazole rings is 1. The van der Waals surface area contributed by atoms with E-state index in [0.717, 1.165) is 6.42 Å². The number of carbonyl (C=O) groups is 2. The zero-order chi connectivity index (χ0) is 24.5. The van der Waals surface area contributed by atoms with Crippen LogP contribution in [0.1, 0.15) is 51.8 Å². The fraction of sp³-hybridized carbons (Fsp3) is 0.348. The number of Topliss-reactive ketones (excluding diaryl/α,β-unsaturated/α-hetero) is 1. The van der Waals surface area contributed by atoms with E-state index in [4.69, 9.17) is 0 Å². The number of aromatic amines is 1. The molecule has 4 N–H and O–H groups in total. The molecule has 2 aromatic heterocycles. The lowest BCUT2D eigenvalue weighted by Crippen LogP contribution is -2.57. The third kappa shape index (κ3) is 4.48. The Kier molecular flexibility index (Phi) is 6.58. The van der Waals surface area contributed by atoms with Crippen molar-refractivity contribution in [3.63, 3.8) is 0 Å². The molecule has 1 aromatic carbocycles. The molecule has 1 aliphatic rings. The molecule has 3 atom stereocenters. The highest BCUT2D eigenvalue weighted by atomic mass is 32.1. The number of aromatic nitrogens is 3. The summed E-state index contributed by atoms with van der Waals surface area (Å²) >= 11 is 1.23. The van der Waals surface area contributed by atoms with Gasteiger partial charge in [0.2, 0.25) is 5.75 Å². The molecule has 0 aliphatic carbocycles. The topological polar surface area (TPSA) is 137 Å². The highest BCUT2D eigenvalue weighted by Crippen LogP contribution is 2.40. The minimum absolute atomic E-state index is 0.0431. The maximum atomic E-state index is 13.4. The number of carbonyl (C=O) groups excluding carboxylic acids is 2. The van der Waals surface area contributed by atoms with Crippen LogP contribution in [-0.2, 0) is 12.1 Å². The van der Waals surface area contributed by atoms with Crippen LogP contribution in [0.5, 0.6) is 5.75 Å². The van der Waals surface area contributed by atoms with Gasteiger partial charge in [0.15, 0.2) is 11.5 Å². The lowest BCUT2D eigenvalue weighted by molar-refractivity contribution is 0.0626. The number of rotatable bonds is 6. The van der Waals surface area contributed by atoms with Crippen molar-refractivity contribution in [1.29, 1.82) is 0 Å². The molecule has 0 spiro atoms. The molecule has 178 valence electrons. The van der Waals surface area contributed by atoms with Crippen LogP contribution < -0.4 is 16.2 Å². The van der Waals surface area contributed by atoms with E-state index in [1.807, 2.05) is 6.92 Å². The molecule has 34 heavy (non-hydrogen) atoms. The summed E-state index contributed by atoms with van der Waals surface area (Å²) in [5.41, 5.74) is -0.231. The molecular weight excluding hydrogens is 461 g/mol. The van der Waals surface area contributed by atoms with Crippen LogP contribution in [0.2, 0.25) is 0 Å². The second kappa shape index (κ2) is 9.43. The van der Waals surface area contributed by atoms with Crippen molar-refractivity contribution in [2.24, 2.45) is 11.8 Å². The van der Waals surface area contributed by atoms with E-state index in [9.17, 15) is 23.9 Å². The number of halogens is 1. The van der Waals surface area contributed by atoms with Crippen molar-refractivity contribution in [1.82, 2.24) is 25.6 Å². The molecule has 11 heteroatoms. The molecule has 0 saturated carbocycles. The molecule has 1 saturated heterocycles. The van der Waals surface area contributed by atoms with Gasteiger partial charge in [-0.15, -0.1) is 11.3 Å². The lowest BCUT2D eigenvalue weighted by atomic mass is 9.70. The number of nitrogens with one attached hydrogen (secondary N) is 3. The third-order valence-electron chi connectivity index (χ3n) is 6.21. The van der Waals surface area contributed by atoms with Crippen molar-refractivity contribution in [2.75, 3.05) is 6.54 Å². The molecule has 1 fully saturated rings. The van der Waals surface area contributed by atoms with Gasteiger partial charge in [-0.05, 0) is 43.5 Å². The minimum atomic E-state index is -1.10. The van der Waals surface area contributed by atoms with E-state index in [1.165, 1.54) is 41.8 Å². The number of hydrogen-bond acceptors (Lipinski definition) is 8. The molecule has 1 amide bonds. The first-order chi connectivity index (χ1) is 16.2. The molecule has 3 aromatic rings. The van der Waals surface area contributed by atoms with E-state index in [0.29, 0.717) is 17.0 Å². The summed E-state index contributed by atoms with van der Waals surface area (Å²) in [5, 5.41) is 16.1. The van der Waals surface area contributed by atoms with Crippen molar-refractivity contribution in [3.8, 4) is 5.75 Å². The fourth-order valence-electron chi connectivity index (χ4n) is 4.39.